The summed E-state index contributed by atoms with van der Waals surface area (Å²) in [6.07, 6.45) is 15.0. The molecule has 119 heavy (non-hydrogen) atoms. The lowest BCUT2D eigenvalue weighted by Crippen LogP contribution is -2.48. The zero-order valence-corrected chi connectivity index (χ0v) is 76.4. The van der Waals surface area contributed by atoms with Crippen LogP contribution >= 0.6 is 70.4 Å². The topological polar surface area (TPSA) is 266 Å². The Labute approximate surface area is 738 Å². The third-order valence-corrected chi connectivity index (χ3v) is 21.4. The van der Waals surface area contributed by atoms with E-state index >= 15 is 0 Å². The zero-order valence-electron chi connectivity index (χ0n) is 71.9. The highest BCUT2D eigenvalue weighted by Gasteiger charge is 2.35. The number of nitrogens with one attached hydrogen (secondary N) is 3. The summed E-state index contributed by atoms with van der Waals surface area (Å²) in [5.41, 5.74) is 6.70. The van der Waals surface area contributed by atoms with E-state index in [1.165, 1.54) is 44.2 Å². The number of carboxylic acids is 1. The van der Waals surface area contributed by atoms with E-state index in [1.807, 2.05) is 70.7 Å². The van der Waals surface area contributed by atoms with Crippen LogP contribution in [0.4, 0.5) is 19.2 Å². The number of hydrogen-bond donors (Lipinski definition) is 5. The number of rotatable bonds is 21. The first-order chi connectivity index (χ1) is 55.7. The van der Waals surface area contributed by atoms with Gasteiger partial charge in [0.05, 0.1) is 5.56 Å². The van der Waals surface area contributed by atoms with Crippen molar-refractivity contribution in [3.8, 4) is 11.5 Å². The van der Waals surface area contributed by atoms with Crippen molar-refractivity contribution < 1.29 is 62.4 Å². The number of ether oxygens (including phenoxy) is 4. The molecule has 0 radical (unpaired) electrons. The Morgan fingerprint density at radius 1 is 0.387 bits per heavy atom. The van der Waals surface area contributed by atoms with Gasteiger partial charge in [-0.3, -0.25) is 14.4 Å². The number of carbonyl (C=O) groups excluding carboxylic acids is 7. The van der Waals surface area contributed by atoms with Gasteiger partial charge in [-0.25, -0.2) is 24.0 Å². The van der Waals surface area contributed by atoms with Gasteiger partial charge in [0, 0.05) is 112 Å². The van der Waals surface area contributed by atoms with E-state index in [-0.39, 0.29) is 72.1 Å². The molecule has 0 aromatic heterocycles. The Balaban J connectivity index is 0.000000311. The van der Waals surface area contributed by atoms with Crippen LogP contribution in [0.5, 0.6) is 11.5 Å². The number of para-hydroxylation sites is 2. The molecule has 656 valence electrons. The number of likely N-dealkylation sites (tertiary alicyclic amines) is 3. The number of piperidine rings is 3. The Morgan fingerprint density at radius 3 is 0.933 bits per heavy atom. The smallest absolute Gasteiger partial charge is 0.415 e. The Bertz CT molecular complexity index is 3970. The first-order valence-electron chi connectivity index (χ1n) is 41.5. The van der Waals surface area contributed by atoms with Crippen molar-refractivity contribution in [1.29, 1.82) is 0 Å². The lowest BCUT2D eigenvalue weighted by Gasteiger charge is -2.37. The van der Waals surface area contributed by atoms with Gasteiger partial charge in [0.1, 0.15) is 22.7 Å². The number of hydrogen-bond acceptors (Lipinski definition) is 13. The summed E-state index contributed by atoms with van der Waals surface area (Å²) in [5.74, 6) is 3.97. The second-order valence-electron chi connectivity index (χ2n) is 34.4. The van der Waals surface area contributed by atoms with Crippen molar-refractivity contribution in [2.75, 3.05) is 39.3 Å². The minimum absolute atomic E-state index is 0. The molecule has 3 aliphatic heterocycles. The van der Waals surface area contributed by atoms with Crippen LogP contribution in [0.25, 0.3) is 0 Å². The lowest BCUT2D eigenvalue weighted by molar-refractivity contribution is 0.0158. The molecule has 3 saturated heterocycles. The van der Waals surface area contributed by atoms with Crippen LogP contribution in [0.3, 0.4) is 0 Å². The van der Waals surface area contributed by atoms with Gasteiger partial charge in [0.2, 0.25) is 0 Å². The fourth-order valence-electron chi connectivity index (χ4n) is 14.4. The lowest BCUT2D eigenvalue weighted by atomic mass is 9.81. The van der Waals surface area contributed by atoms with Gasteiger partial charge < -0.3 is 60.4 Å². The number of carboxylic acid groups (broad SMARTS) is 1. The monoisotopic (exact) mass is 1760 g/mol. The molecule has 6 aromatic rings. The summed E-state index contributed by atoms with van der Waals surface area (Å²) >= 11 is 28.2. The number of nitrogens with zero attached hydrogens (tertiary/aromatic N) is 3. The summed E-state index contributed by atoms with van der Waals surface area (Å²) in [4.78, 5) is 100. The molecular weight excluding hydrogens is 1640 g/mol. The SMILES string of the molecule is CC(C)C[C@@H](N)C1CCN(C(=O)OC(C)(C)C)CC1.CC(C)C[C@@H](NC(=O)c1ccc(Cl)cc1)C1CCCCC1.CC(C)C[C@@H](NC(=O)c1ccc(Cl)cc1)C1CCN(C(=O)OC(C)(C)C)CC1.CC(C)C[C@@H](NC(=O)c1ccc(Cl)cc1)C1CCN(C(=O)Oc2ccccc2)CC1.Cl.O=C(Cl)Oc1ccccc1.O=C(O)c1ccc(Cl)cc1. The van der Waals surface area contributed by atoms with Crippen LogP contribution < -0.4 is 31.2 Å². The van der Waals surface area contributed by atoms with E-state index in [0.29, 0.717) is 128 Å². The molecule has 6 amide bonds. The molecule has 1 aliphatic carbocycles. The van der Waals surface area contributed by atoms with Crippen LogP contribution in [0.1, 0.15) is 235 Å². The summed E-state index contributed by atoms with van der Waals surface area (Å²) in [6, 6.07) is 45.5. The molecule has 26 heteroatoms. The molecule has 6 aromatic carbocycles. The van der Waals surface area contributed by atoms with E-state index in [2.05, 4.69) is 76.1 Å². The van der Waals surface area contributed by atoms with Crippen LogP contribution in [-0.2, 0) is 9.47 Å². The minimum atomic E-state index is -0.934. The first kappa shape index (κ1) is 104. The molecule has 10 rings (SSSR count). The van der Waals surface area contributed by atoms with Crippen LogP contribution in [0.15, 0.2) is 158 Å². The molecular formula is C93H129Cl6N7O13. The molecule has 0 spiro atoms. The van der Waals surface area contributed by atoms with E-state index in [0.717, 1.165) is 77.3 Å². The Morgan fingerprint density at radius 2 is 0.655 bits per heavy atom. The van der Waals surface area contributed by atoms with Crippen molar-refractivity contribution in [3.63, 3.8) is 0 Å². The largest absolute Gasteiger partial charge is 0.478 e. The number of halogens is 6. The summed E-state index contributed by atoms with van der Waals surface area (Å²) < 4.78 is 20.9. The van der Waals surface area contributed by atoms with Gasteiger partial charge in [-0.2, -0.15) is 0 Å². The standard InChI is InChI=1S/C24H29ClN2O3.C22H33ClN2O3.C18H26ClNO.C15H30N2O2.2C7H5ClO2.ClH/c1-17(2)16-22(26-23(28)19-8-10-20(25)11-9-19)18-12-14-27(15-13-18)24(29)30-21-6-4-3-5-7-21;1-15(2)14-19(24-20(26)17-6-8-18(23)9-7-17)16-10-12-25(13-11-16)21(27)28-22(3,4)5;1-13(2)12-17(14-6-4-3-5-7-14)20-18(21)15-8-10-16(19)11-9-15;1-11(2)10-13(16)12-6-8-17(9-7-12)14(18)19-15(3,4)5;8-6-3-1-5(2-4-6)7(9)10;8-7(9)10-6-4-2-1-3-5-6;/h3-11,17-18,22H,12-16H2,1-2H3,(H,26,28);6-9,15-16,19H,10-14H2,1-5H3,(H,24,26);8-11,13-14,17H,3-7,12H2,1-2H3,(H,20,21);11-13H,6-10,16H2,1-5H3;1-4H,(H,9,10);1-5H;1H/t22-;19-;17-;13-;;;/m1111.../s1. The number of aromatic carboxylic acids is 1. The van der Waals surface area contributed by atoms with Crippen molar-refractivity contribution in [2.24, 2.45) is 53.1 Å². The highest BCUT2D eigenvalue weighted by atomic mass is 35.5. The number of carbonyl (C=O) groups is 8. The maximum atomic E-state index is 12.7. The van der Waals surface area contributed by atoms with E-state index in [1.54, 1.807) is 131 Å². The highest BCUT2D eigenvalue weighted by molar-refractivity contribution is 6.61. The fraction of sp³-hybridized carbons (Fsp3) is 0.527. The van der Waals surface area contributed by atoms with Crippen LogP contribution in [0, 0.1) is 47.3 Å². The van der Waals surface area contributed by atoms with Gasteiger partial charge in [-0.05, 0) is 287 Å². The van der Waals surface area contributed by atoms with E-state index in [9.17, 15) is 38.4 Å². The van der Waals surface area contributed by atoms with Crippen LogP contribution in [0.2, 0.25) is 20.1 Å². The average molecular weight is 1770 g/mol. The van der Waals surface area contributed by atoms with Crippen molar-refractivity contribution in [2.45, 2.75) is 229 Å². The minimum Gasteiger partial charge on any atom is -0.478 e. The molecule has 0 bridgehead atoms. The van der Waals surface area contributed by atoms with Crippen molar-refractivity contribution >= 4 is 118 Å². The maximum absolute atomic E-state index is 12.7. The normalized spacial score (nSPS) is 15.7. The molecule has 1 saturated carbocycles. The van der Waals surface area contributed by atoms with Crippen molar-refractivity contribution in [1.82, 2.24) is 30.7 Å². The molecule has 4 atom stereocenters. The van der Waals surface area contributed by atoms with Crippen molar-refractivity contribution in [3.05, 3.63) is 200 Å². The average Bonchev–Trinajstić information content (AvgIpc) is 0.850. The summed E-state index contributed by atoms with van der Waals surface area (Å²) in [5, 5.41) is 20.6. The van der Waals surface area contributed by atoms with Crippen LogP contribution in [-0.4, -0.2) is 142 Å². The first-order valence-corrected chi connectivity index (χ1v) is 43.4. The van der Waals surface area contributed by atoms with E-state index in [4.69, 9.17) is 83.1 Å². The molecule has 20 nitrogen and oxygen atoms in total. The Hall–Kier alpha value is -7.82. The molecule has 6 N–H and O–H groups in total. The predicted octanol–water partition coefficient (Wildman–Crippen LogP) is 23.5. The molecule has 4 aliphatic rings. The second kappa shape index (κ2) is 53.2. The van der Waals surface area contributed by atoms with Gasteiger partial charge in [-0.1, -0.05) is 157 Å². The molecule has 4 fully saturated rings. The molecule has 3 heterocycles. The van der Waals surface area contributed by atoms with Gasteiger partial charge in [0.15, 0.2) is 0 Å². The third-order valence-electron chi connectivity index (χ3n) is 20.3. The zero-order chi connectivity index (χ0) is 87.2. The van der Waals surface area contributed by atoms with Gasteiger partial charge in [0.25, 0.3) is 17.7 Å². The maximum Gasteiger partial charge on any atom is 0.415 e. The fourth-order valence-corrected chi connectivity index (χ4v) is 15.0. The third kappa shape index (κ3) is 41.5. The Kier molecular flexibility index (Phi) is 46.2. The second-order valence-corrected chi connectivity index (χ2v) is 36.5. The summed E-state index contributed by atoms with van der Waals surface area (Å²) in [6.45, 7) is 32.9. The highest BCUT2D eigenvalue weighted by Crippen LogP contribution is 2.32. The van der Waals surface area contributed by atoms with E-state index < -0.39 is 22.6 Å². The predicted molar refractivity (Wildman–Crippen MR) is 482 cm³/mol. The molecule has 0 unspecified atom stereocenters. The quantitative estimate of drug-likeness (QED) is 0.0420. The number of amides is 6. The van der Waals surface area contributed by atoms with Gasteiger partial charge in [-0.15, -0.1) is 12.4 Å². The summed E-state index contributed by atoms with van der Waals surface area (Å²) in [7, 11) is 0. The number of nitrogens with two attached hydrogens (primary N) is 1. The van der Waals surface area contributed by atoms with Gasteiger partial charge >= 0.3 is 29.7 Å². The number of benzene rings is 6.